The molecule has 11 heteroatoms. The van der Waals surface area contributed by atoms with Crippen molar-refractivity contribution in [3.63, 3.8) is 0 Å². The first-order valence-corrected chi connectivity index (χ1v) is 12.8. The van der Waals surface area contributed by atoms with Gasteiger partial charge in [-0.25, -0.2) is 4.68 Å². The maximum atomic E-state index is 14.1. The fraction of sp³-hybridized carbons (Fsp3) is 0.500. The molecule has 5 atom stereocenters. The molecule has 4 aliphatic rings. The molecule has 5 heterocycles. The summed E-state index contributed by atoms with van der Waals surface area (Å²) in [4.78, 5) is 46.4. The maximum Gasteiger partial charge on any atom is 0.250 e. The van der Waals surface area contributed by atoms with Gasteiger partial charge in [0.15, 0.2) is 0 Å². The van der Waals surface area contributed by atoms with E-state index < -0.39 is 29.6 Å². The number of fused-ring (bicyclic) bond motifs is 3. The number of nitrogens with zero attached hydrogens (tertiary/aromatic N) is 6. The number of aliphatic hydroxyl groups is 1. The van der Waals surface area contributed by atoms with E-state index in [1.165, 1.54) is 4.90 Å². The highest BCUT2D eigenvalue weighted by Crippen LogP contribution is 2.53. The van der Waals surface area contributed by atoms with Gasteiger partial charge in [0, 0.05) is 26.2 Å². The van der Waals surface area contributed by atoms with Gasteiger partial charge in [0.2, 0.25) is 11.8 Å². The van der Waals surface area contributed by atoms with Crippen molar-refractivity contribution in [3.05, 3.63) is 48.6 Å². The lowest BCUT2D eigenvalue weighted by Gasteiger charge is -2.35. The Labute approximate surface area is 213 Å². The number of amides is 3. The Hall–Kier alpha value is -3.57. The van der Waals surface area contributed by atoms with Crippen LogP contribution in [0.15, 0.2) is 48.6 Å². The minimum Gasteiger partial charge on any atom is -0.395 e. The average Bonchev–Trinajstić information content (AvgIpc) is 3.44. The van der Waals surface area contributed by atoms with Crippen molar-refractivity contribution >= 4 is 28.8 Å². The van der Waals surface area contributed by atoms with Gasteiger partial charge in [0.05, 0.1) is 30.1 Å². The van der Waals surface area contributed by atoms with E-state index in [2.05, 4.69) is 10.3 Å². The Bertz CT molecular complexity index is 1310. The van der Waals surface area contributed by atoms with E-state index in [1.54, 1.807) is 20.6 Å². The van der Waals surface area contributed by atoms with Crippen molar-refractivity contribution < 1.29 is 24.2 Å². The SMILES string of the molecule is CCCN1CC=C[C@H]2O[C@]34C=CCN(Cn5nnc6ccccc65)C(=O)C3N(CCO)C(=O)[C@@H]4[C@H]2C1=O. The number of aromatic nitrogens is 3. The lowest BCUT2D eigenvalue weighted by atomic mass is 9.77. The van der Waals surface area contributed by atoms with Crippen LogP contribution in [0.3, 0.4) is 0 Å². The molecule has 0 bridgehead atoms. The fourth-order valence-electron chi connectivity index (χ4n) is 6.37. The number of ether oxygens (including phenoxy) is 1. The summed E-state index contributed by atoms with van der Waals surface area (Å²) < 4.78 is 8.21. The molecule has 1 unspecified atom stereocenters. The Morgan fingerprint density at radius 3 is 2.68 bits per heavy atom. The van der Waals surface area contributed by atoms with Gasteiger partial charge < -0.3 is 24.5 Å². The maximum absolute atomic E-state index is 14.1. The fourth-order valence-corrected chi connectivity index (χ4v) is 6.37. The first-order chi connectivity index (χ1) is 18.0. The molecule has 194 valence electrons. The molecular formula is C26H30N6O5. The molecule has 1 spiro atoms. The van der Waals surface area contributed by atoms with Gasteiger partial charge in [-0.2, -0.15) is 0 Å². The number of hydrogen-bond acceptors (Lipinski definition) is 7. The molecule has 11 nitrogen and oxygen atoms in total. The van der Waals surface area contributed by atoms with Crippen molar-refractivity contribution in [3.8, 4) is 0 Å². The van der Waals surface area contributed by atoms with Crippen LogP contribution in [0.25, 0.3) is 11.0 Å². The zero-order valence-electron chi connectivity index (χ0n) is 20.6. The molecule has 0 saturated carbocycles. The number of hydrogen-bond donors (Lipinski definition) is 1. The van der Waals surface area contributed by atoms with Crippen LogP contribution in [0.5, 0.6) is 0 Å². The molecule has 0 radical (unpaired) electrons. The number of para-hydroxylation sites is 1. The summed E-state index contributed by atoms with van der Waals surface area (Å²) in [5.74, 6) is -2.36. The van der Waals surface area contributed by atoms with Gasteiger partial charge in [0.25, 0.3) is 5.91 Å². The van der Waals surface area contributed by atoms with E-state index >= 15 is 0 Å². The highest BCUT2D eigenvalue weighted by Gasteiger charge is 2.71. The lowest BCUT2D eigenvalue weighted by molar-refractivity contribution is -0.149. The summed E-state index contributed by atoms with van der Waals surface area (Å²) in [5, 5.41) is 18.2. The van der Waals surface area contributed by atoms with Gasteiger partial charge >= 0.3 is 0 Å². The molecular weight excluding hydrogens is 476 g/mol. The molecule has 3 amide bonds. The van der Waals surface area contributed by atoms with Crippen LogP contribution >= 0.6 is 0 Å². The monoisotopic (exact) mass is 506 g/mol. The molecule has 2 saturated heterocycles. The molecule has 2 aromatic rings. The minimum atomic E-state index is -1.30. The second kappa shape index (κ2) is 9.07. The number of β-amino-alcohol motifs (C(OH)–C–C–N with tert-alkyl or cyclic N) is 1. The highest BCUT2D eigenvalue weighted by atomic mass is 16.5. The third kappa shape index (κ3) is 3.51. The van der Waals surface area contributed by atoms with E-state index in [1.807, 2.05) is 49.4 Å². The van der Waals surface area contributed by atoms with Crippen molar-refractivity contribution in [1.29, 1.82) is 0 Å². The number of carbonyl (C=O) groups is 3. The van der Waals surface area contributed by atoms with Gasteiger partial charge in [0.1, 0.15) is 23.8 Å². The number of likely N-dealkylation sites (tertiary alicyclic amines) is 1. The summed E-state index contributed by atoms with van der Waals surface area (Å²) in [5.41, 5.74) is 0.209. The molecule has 1 aromatic heterocycles. The summed E-state index contributed by atoms with van der Waals surface area (Å²) in [6, 6.07) is 6.49. The van der Waals surface area contributed by atoms with Crippen molar-refractivity contribution in [2.45, 2.75) is 37.8 Å². The third-order valence-electron chi connectivity index (χ3n) is 7.88. The number of aliphatic hydroxyl groups excluding tert-OH is 1. The normalized spacial score (nSPS) is 31.1. The van der Waals surface area contributed by atoms with Crippen LogP contribution in [-0.4, -0.2) is 103 Å². The topological polar surface area (TPSA) is 121 Å². The first-order valence-electron chi connectivity index (χ1n) is 12.8. The van der Waals surface area contributed by atoms with Crippen LogP contribution in [-0.2, 0) is 25.8 Å². The zero-order chi connectivity index (χ0) is 25.7. The van der Waals surface area contributed by atoms with Crippen LogP contribution in [0.4, 0.5) is 0 Å². The van der Waals surface area contributed by atoms with Gasteiger partial charge in [-0.15, -0.1) is 5.10 Å². The second-order valence-electron chi connectivity index (χ2n) is 9.99. The van der Waals surface area contributed by atoms with E-state index in [-0.39, 0.29) is 44.1 Å². The second-order valence-corrected chi connectivity index (χ2v) is 9.99. The number of benzene rings is 1. The molecule has 0 aliphatic carbocycles. The summed E-state index contributed by atoms with van der Waals surface area (Å²) in [6.45, 7) is 3.14. The quantitative estimate of drug-likeness (QED) is 0.555. The van der Waals surface area contributed by atoms with Crippen molar-refractivity contribution in [2.24, 2.45) is 11.8 Å². The molecule has 1 N–H and O–H groups in total. The molecule has 2 fully saturated rings. The first kappa shape index (κ1) is 23.8. The highest BCUT2D eigenvalue weighted by molar-refractivity contribution is 5.99. The Morgan fingerprint density at radius 2 is 1.86 bits per heavy atom. The van der Waals surface area contributed by atoms with Crippen molar-refractivity contribution in [1.82, 2.24) is 29.7 Å². The van der Waals surface area contributed by atoms with Crippen LogP contribution in [0, 0.1) is 11.8 Å². The Kier molecular flexibility index (Phi) is 5.84. The van der Waals surface area contributed by atoms with Crippen LogP contribution in [0.1, 0.15) is 13.3 Å². The predicted molar refractivity (Wildman–Crippen MR) is 132 cm³/mol. The largest absolute Gasteiger partial charge is 0.395 e. The smallest absolute Gasteiger partial charge is 0.250 e. The van der Waals surface area contributed by atoms with Gasteiger partial charge in [-0.1, -0.05) is 48.6 Å². The standard InChI is InChI=1S/C26H30N6O5/c1-2-11-29-12-5-9-19-20(23(29)34)21-24(35)31(14-15-33)22-25(36)30(13-6-10-26(21,22)37-19)16-32-18-8-4-3-7-17(18)27-28-32/h3-10,19-22,33H,2,11-16H2,1H3/t19-,20+,21+,22?,26+/m1/s1. The van der Waals surface area contributed by atoms with Gasteiger partial charge in [-0.05, 0) is 18.6 Å². The number of rotatable bonds is 6. The van der Waals surface area contributed by atoms with E-state index in [9.17, 15) is 19.5 Å². The molecule has 6 rings (SSSR count). The number of carbonyl (C=O) groups excluding carboxylic acids is 3. The Balaban J connectivity index is 1.38. The Morgan fingerprint density at radius 1 is 1.05 bits per heavy atom. The third-order valence-corrected chi connectivity index (χ3v) is 7.88. The van der Waals surface area contributed by atoms with Crippen LogP contribution in [0.2, 0.25) is 0 Å². The summed E-state index contributed by atoms with van der Waals surface area (Å²) in [7, 11) is 0. The molecule has 4 aliphatic heterocycles. The molecule has 1 aromatic carbocycles. The zero-order valence-corrected chi connectivity index (χ0v) is 20.6. The predicted octanol–water partition coefficient (Wildman–Crippen LogP) is 0.169. The average molecular weight is 507 g/mol. The van der Waals surface area contributed by atoms with Crippen molar-refractivity contribution in [2.75, 3.05) is 32.8 Å². The van der Waals surface area contributed by atoms with Crippen LogP contribution < -0.4 is 0 Å². The summed E-state index contributed by atoms with van der Waals surface area (Å²) in [6.07, 6.45) is 7.59. The molecule has 37 heavy (non-hydrogen) atoms. The van der Waals surface area contributed by atoms with E-state index in [0.717, 1.165) is 17.5 Å². The van der Waals surface area contributed by atoms with E-state index in [0.29, 0.717) is 13.1 Å². The minimum absolute atomic E-state index is 0.0229. The summed E-state index contributed by atoms with van der Waals surface area (Å²) >= 11 is 0. The lowest BCUT2D eigenvalue weighted by Crippen LogP contribution is -2.55. The van der Waals surface area contributed by atoms with E-state index in [4.69, 9.17) is 4.74 Å². The van der Waals surface area contributed by atoms with Gasteiger partial charge in [-0.3, -0.25) is 14.4 Å².